The third-order valence-corrected chi connectivity index (χ3v) is 2.24. The van der Waals surface area contributed by atoms with Gasteiger partial charge in [0.2, 0.25) is 6.04 Å². The number of nitro benzene ring substituents is 1. The second-order valence-electron chi connectivity index (χ2n) is 3.29. The van der Waals surface area contributed by atoms with Gasteiger partial charge in [-0.1, -0.05) is 12.1 Å². The molecule has 0 saturated carbocycles. The monoisotopic (exact) mass is 226 g/mol. The molecule has 1 N–H and O–H groups in total. The predicted molar refractivity (Wildman–Crippen MR) is 54.5 cm³/mol. The molecule has 0 bridgehead atoms. The minimum Gasteiger partial charge on any atom is -0.381 e. The third-order valence-electron chi connectivity index (χ3n) is 2.24. The van der Waals surface area contributed by atoms with Gasteiger partial charge < -0.3 is 5.11 Å². The van der Waals surface area contributed by atoms with E-state index in [9.17, 15) is 25.3 Å². The van der Waals surface area contributed by atoms with Crippen LogP contribution in [0.3, 0.4) is 0 Å². The van der Waals surface area contributed by atoms with Crippen LogP contribution in [-0.2, 0) is 0 Å². The SMILES string of the molecule is C[C@@H]([C@H](O)c1ccccc1[N+](=O)[O-])[N+](=O)[O-]. The van der Waals surface area contributed by atoms with Crippen molar-refractivity contribution >= 4 is 5.69 Å². The number of rotatable bonds is 4. The number of hydrogen-bond acceptors (Lipinski definition) is 5. The van der Waals surface area contributed by atoms with Crippen LogP contribution >= 0.6 is 0 Å². The highest BCUT2D eigenvalue weighted by Crippen LogP contribution is 2.27. The quantitative estimate of drug-likeness (QED) is 0.614. The van der Waals surface area contributed by atoms with Crippen LogP contribution < -0.4 is 0 Å². The molecular weight excluding hydrogens is 216 g/mol. The fourth-order valence-corrected chi connectivity index (χ4v) is 1.28. The first-order valence-electron chi connectivity index (χ1n) is 4.50. The lowest BCUT2D eigenvalue weighted by Crippen LogP contribution is -2.24. The largest absolute Gasteiger partial charge is 0.381 e. The van der Waals surface area contributed by atoms with Gasteiger partial charge in [-0.25, -0.2) is 0 Å². The first-order valence-corrected chi connectivity index (χ1v) is 4.50. The summed E-state index contributed by atoms with van der Waals surface area (Å²) < 4.78 is 0. The van der Waals surface area contributed by atoms with Crippen molar-refractivity contribution in [1.29, 1.82) is 0 Å². The molecule has 1 rings (SSSR count). The van der Waals surface area contributed by atoms with Crippen molar-refractivity contribution in [2.45, 2.75) is 19.1 Å². The van der Waals surface area contributed by atoms with E-state index in [0.717, 1.165) is 0 Å². The summed E-state index contributed by atoms with van der Waals surface area (Å²) in [6.45, 7) is 1.20. The molecule has 0 amide bonds. The Balaban J connectivity index is 3.12. The fourth-order valence-electron chi connectivity index (χ4n) is 1.28. The molecule has 0 radical (unpaired) electrons. The van der Waals surface area contributed by atoms with Crippen molar-refractivity contribution in [1.82, 2.24) is 0 Å². The van der Waals surface area contributed by atoms with Crippen LogP contribution in [0.2, 0.25) is 0 Å². The van der Waals surface area contributed by atoms with Crippen LogP contribution in [0.4, 0.5) is 5.69 Å². The number of para-hydroxylation sites is 1. The first-order chi connectivity index (χ1) is 7.45. The molecular formula is C9H10N2O5. The second kappa shape index (κ2) is 4.67. The molecule has 1 aromatic carbocycles. The van der Waals surface area contributed by atoms with E-state index in [1.165, 1.54) is 31.2 Å². The lowest BCUT2D eigenvalue weighted by atomic mass is 10.0. The van der Waals surface area contributed by atoms with Gasteiger partial charge in [-0.15, -0.1) is 0 Å². The topological polar surface area (TPSA) is 107 Å². The lowest BCUT2D eigenvalue weighted by molar-refractivity contribution is -0.531. The molecule has 7 heteroatoms. The molecule has 0 spiro atoms. The van der Waals surface area contributed by atoms with Gasteiger partial charge in [0.05, 0.1) is 10.5 Å². The van der Waals surface area contributed by atoms with E-state index in [-0.39, 0.29) is 11.3 Å². The van der Waals surface area contributed by atoms with Crippen molar-refractivity contribution in [3.8, 4) is 0 Å². The van der Waals surface area contributed by atoms with Gasteiger partial charge in [0.15, 0.2) is 6.10 Å². The number of hydrogen-bond donors (Lipinski definition) is 1. The van der Waals surface area contributed by atoms with Gasteiger partial charge in [-0.3, -0.25) is 20.2 Å². The highest BCUT2D eigenvalue weighted by molar-refractivity contribution is 5.41. The van der Waals surface area contributed by atoms with Crippen molar-refractivity contribution in [2.24, 2.45) is 0 Å². The number of benzene rings is 1. The Bertz CT molecular complexity index is 420. The third kappa shape index (κ3) is 2.31. The van der Waals surface area contributed by atoms with Crippen LogP contribution in [-0.4, -0.2) is 21.0 Å². The van der Waals surface area contributed by atoms with Gasteiger partial charge >= 0.3 is 0 Å². The van der Waals surface area contributed by atoms with Crippen molar-refractivity contribution < 1.29 is 15.0 Å². The summed E-state index contributed by atoms with van der Waals surface area (Å²) in [6, 6.07) is 4.14. The summed E-state index contributed by atoms with van der Waals surface area (Å²) in [6.07, 6.45) is -1.49. The Hall–Kier alpha value is -2.02. The van der Waals surface area contributed by atoms with Gasteiger partial charge in [-0.05, 0) is 6.07 Å². The van der Waals surface area contributed by atoms with Crippen molar-refractivity contribution in [2.75, 3.05) is 0 Å². The maximum absolute atomic E-state index is 10.6. The second-order valence-corrected chi connectivity index (χ2v) is 3.29. The van der Waals surface area contributed by atoms with Gasteiger partial charge in [0.1, 0.15) is 0 Å². The van der Waals surface area contributed by atoms with Crippen molar-refractivity contribution in [3.63, 3.8) is 0 Å². The Labute approximate surface area is 90.6 Å². The number of nitrogens with zero attached hydrogens (tertiary/aromatic N) is 2. The summed E-state index contributed by atoms with van der Waals surface area (Å²) in [5.74, 6) is 0. The van der Waals surface area contributed by atoms with E-state index < -0.39 is 22.0 Å². The minimum absolute atomic E-state index is 0.0447. The molecule has 0 aliphatic carbocycles. The number of nitro groups is 2. The van der Waals surface area contributed by atoms with E-state index in [2.05, 4.69) is 0 Å². The summed E-state index contributed by atoms with van der Waals surface area (Å²) in [5.41, 5.74) is -0.361. The highest BCUT2D eigenvalue weighted by atomic mass is 16.6. The molecule has 0 aromatic heterocycles. The predicted octanol–water partition coefficient (Wildman–Crippen LogP) is 1.29. The summed E-state index contributed by atoms with van der Waals surface area (Å²) >= 11 is 0. The normalized spacial score (nSPS) is 14.1. The molecule has 0 fully saturated rings. The molecule has 16 heavy (non-hydrogen) atoms. The van der Waals surface area contributed by atoms with Gasteiger partial charge in [0, 0.05) is 17.9 Å². The smallest absolute Gasteiger partial charge is 0.275 e. The Morgan fingerprint density at radius 1 is 1.25 bits per heavy atom. The molecule has 0 aliphatic rings. The minimum atomic E-state index is -1.49. The molecule has 0 aliphatic heterocycles. The van der Waals surface area contributed by atoms with Gasteiger partial charge in [0.25, 0.3) is 5.69 Å². The lowest BCUT2D eigenvalue weighted by Gasteiger charge is -2.12. The average Bonchev–Trinajstić information content (AvgIpc) is 2.26. The molecule has 0 unspecified atom stereocenters. The summed E-state index contributed by atoms with van der Waals surface area (Å²) in [5, 5.41) is 30.8. The van der Waals surface area contributed by atoms with Crippen LogP contribution in [0, 0.1) is 20.2 Å². The Morgan fingerprint density at radius 3 is 2.31 bits per heavy atom. The van der Waals surface area contributed by atoms with E-state index in [0.29, 0.717) is 0 Å². The Kier molecular flexibility index (Phi) is 3.51. The maximum Gasteiger partial charge on any atom is 0.275 e. The zero-order valence-electron chi connectivity index (χ0n) is 8.44. The first kappa shape index (κ1) is 12.1. The molecule has 86 valence electrons. The number of aliphatic hydroxyl groups is 1. The summed E-state index contributed by atoms with van der Waals surface area (Å²) in [7, 11) is 0. The molecule has 2 atom stereocenters. The van der Waals surface area contributed by atoms with Gasteiger partial charge in [-0.2, -0.15) is 0 Å². The van der Waals surface area contributed by atoms with Crippen LogP contribution in [0.25, 0.3) is 0 Å². The average molecular weight is 226 g/mol. The summed E-state index contributed by atoms with van der Waals surface area (Å²) in [4.78, 5) is 19.8. The van der Waals surface area contributed by atoms with Crippen LogP contribution in [0.5, 0.6) is 0 Å². The molecule has 0 heterocycles. The van der Waals surface area contributed by atoms with E-state index >= 15 is 0 Å². The number of aliphatic hydroxyl groups excluding tert-OH is 1. The van der Waals surface area contributed by atoms with Crippen molar-refractivity contribution in [3.05, 3.63) is 50.1 Å². The molecule has 7 nitrogen and oxygen atoms in total. The fraction of sp³-hybridized carbons (Fsp3) is 0.333. The van der Waals surface area contributed by atoms with Crippen LogP contribution in [0.1, 0.15) is 18.6 Å². The van der Waals surface area contributed by atoms with E-state index in [1.54, 1.807) is 0 Å². The van der Waals surface area contributed by atoms with E-state index in [1.807, 2.05) is 0 Å². The highest BCUT2D eigenvalue weighted by Gasteiger charge is 2.30. The Morgan fingerprint density at radius 2 is 1.81 bits per heavy atom. The standard InChI is InChI=1S/C9H10N2O5/c1-6(10(13)14)9(12)7-4-2-3-5-8(7)11(15)16/h2-6,9,12H,1H3/t6-,9-/m0/s1. The van der Waals surface area contributed by atoms with Crippen LogP contribution in [0.15, 0.2) is 24.3 Å². The molecule has 1 aromatic rings. The zero-order chi connectivity index (χ0) is 12.3. The zero-order valence-corrected chi connectivity index (χ0v) is 8.44. The maximum atomic E-state index is 10.6. The van der Waals surface area contributed by atoms with E-state index in [4.69, 9.17) is 0 Å². The molecule has 0 saturated heterocycles.